The van der Waals surface area contributed by atoms with Crippen molar-refractivity contribution in [1.29, 1.82) is 0 Å². The van der Waals surface area contributed by atoms with Crippen molar-refractivity contribution >= 4 is 40.9 Å². The monoisotopic (exact) mass is 396 g/mol. The number of hydrogen-bond acceptors (Lipinski definition) is 6. The van der Waals surface area contributed by atoms with Gasteiger partial charge in [-0.3, -0.25) is 0 Å². The van der Waals surface area contributed by atoms with Crippen LogP contribution >= 0.6 is 22.9 Å². The molecule has 5 nitrogen and oxygen atoms in total. The number of rotatable bonds is 4. The first kappa shape index (κ1) is 17.5. The summed E-state index contributed by atoms with van der Waals surface area (Å²) >= 11 is 7.39. The van der Waals surface area contributed by atoms with Crippen LogP contribution < -0.4 is 4.74 Å². The number of thiazole rings is 1. The van der Waals surface area contributed by atoms with Gasteiger partial charge in [0.2, 0.25) is 5.90 Å². The molecule has 1 aliphatic rings. The van der Waals surface area contributed by atoms with Crippen LogP contribution in [-0.2, 0) is 9.53 Å². The average molecular weight is 397 g/mol. The predicted octanol–water partition coefficient (Wildman–Crippen LogP) is 4.82. The molecule has 0 saturated carbocycles. The van der Waals surface area contributed by atoms with E-state index in [1.165, 1.54) is 11.3 Å². The lowest BCUT2D eigenvalue weighted by Crippen LogP contribution is -2.06. The molecule has 0 unspecified atom stereocenters. The number of benzene rings is 2. The lowest BCUT2D eigenvalue weighted by Gasteiger charge is -2.05. The molecule has 134 valence electrons. The highest BCUT2D eigenvalue weighted by atomic mass is 35.5. The molecule has 0 amide bonds. The number of hydrogen-bond donors (Lipinski definition) is 0. The van der Waals surface area contributed by atoms with E-state index in [9.17, 15) is 4.79 Å². The summed E-state index contributed by atoms with van der Waals surface area (Å²) in [6.45, 7) is 0. The molecule has 0 atom stereocenters. The second kappa shape index (κ2) is 7.34. The maximum Gasteiger partial charge on any atom is 0.363 e. The summed E-state index contributed by atoms with van der Waals surface area (Å²) in [5, 5.41) is 3.37. The number of esters is 1. The standard InChI is InChI=1S/C20H13ClN2O3S/c1-25-17-5-3-2-4-15(17)18-23-16(20(24)26-18)10-14-11-27-19(22-14)12-6-8-13(21)9-7-12/h2-11H,1H3/b16-10-. The van der Waals surface area contributed by atoms with Crippen LogP contribution in [0.25, 0.3) is 16.6 Å². The van der Waals surface area contributed by atoms with E-state index < -0.39 is 5.97 Å². The average Bonchev–Trinajstić information content (AvgIpc) is 3.30. The Bertz CT molecular complexity index is 1070. The van der Waals surface area contributed by atoms with E-state index >= 15 is 0 Å². The van der Waals surface area contributed by atoms with E-state index in [0.717, 1.165) is 10.6 Å². The van der Waals surface area contributed by atoms with Crippen molar-refractivity contribution in [3.63, 3.8) is 0 Å². The number of nitrogens with zero attached hydrogens (tertiary/aromatic N) is 2. The van der Waals surface area contributed by atoms with Crippen LogP contribution in [-0.4, -0.2) is 24.0 Å². The molecule has 0 N–H and O–H groups in total. The van der Waals surface area contributed by atoms with E-state index in [1.54, 1.807) is 25.3 Å². The second-order valence-corrected chi connectivity index (χ2v) is 6.92. The molecule has 3 aromatic rings. The molecule has 2 heterocycles. The van der Waals surface area contributed by atoms with Gasteiger partial charge in [0.25, 0.3) is 0 Å². The number of halogens is 1. The molecule has 0 bridgehead atoms. The van der Waals surface area contributed by atoms with E-state index in [1.807, 2.05) is 41.8 Å². The van der Waals surface area contributed by atoms with Gasteiger partial charge in [0.15, 0.2) is 5.70 Å². The van der Waals surface area contributed by atoms with Crippen molar-refractivity contribution < 1.29 is 14.3 Å². The number of carbonyl (C=O) groups excluding carboxylic acids is 1. The molecule has 1 aliphatic heterocycles. The number of cyclic esters (lactones) is 1. The molecular formula is C20H13ClN2O3S. The summed E-state index contributed by atoms with van der Waals surface area (Å²) < 4.78 is 10.6. The number of para-hydroxylation sites is 1. The summed E-state index contributed by atoms with van der Waals surface area (Å²) in [7, 11) is 1.56. The first-order chi connectivity index (χ1) is 13.1. The van der Waals surface area contributed by atoms with Crippen LogP contribution in [0.15, 0.2) is 64.6 Å². The molecular weight excluding hydrogens is 384 g/mol. The Kier molecular flexibility index (Phi) is 4.75. The highest BCUT2D eigenvalue weighted by Crippen LogP contribution is 2.28. The Morgan fingerprint density at radius 1 is 1.15 bits per heavy atom. The van der Waals surface area contributed by atoms with E-state index in [-0.39, 0.29) is 11.6 Å². The van der Waals surface area contributed by atoms with Crippen LogP contribution in [0.1, 0.15) is 11.3 Å². The van der Waals surface area contributed by atoms with Crippen LogP contribution in [0, 0.1) is 0 Å². The van der Waals surface area contributed by atoms with Gasteiger partial charge in [-0.1, -0.05) is 35.9 Å². The number of carbonyl (C=O) groups is 1. The van der Waals surface area contributed by atoms with Gasteiger partial charge in [-0.25, -0.2) is 14.8 Å². The smallest absolute Gasteiger partial charge is 0.363 e. The predicted molar refractivity (Wildman–Crippen MR) is 106 cm³/mol. The minimum atomic E-state index is -0.517. The zero-order valence-electron chi connectivity index (χ0n) is 14.2. The zero-order chi connectivity index (χ0) is 18.8. The quantitative estimate of drug-likeness (QED) is 0.468. The number of ether oxygens (including phenoxy) is 2. The molecule has 0 radical (unpaired) electrons. The van der Waals surface area contributed by atoms with E-state index in [0.29, 0.717) is 22.0 Å². The van der Waals surface area contributed by atoms with Crippen molar-refractivity contribution in [2.75, 3.05) is 7.11 Å². The summed E-state index contributed by atoms with van der Waals surface area (Å²) in [4.78, 5) is 21.0. The van der Waals surface area contributed by atoms with Gasteiger partial charge in [-0.15, -0.1) is 11.3 Å². The van der Waals surface area contributed by atoms with Gasteiger partial charge < -0.3 is 9.47 Å². The largest absolute Gasteiger partial charge is 0.496 e. The molecule has 0 fully saturated rings. The van der Waals surface area contributed by atoms with Crippen LogP contribution in [0.2, 0.25) is 5.02 Å². The van der Waals surface area contributed by atoms with Gasteiger partial charge in [0.05, 0.1) is 18.4 Å². The summed E-state index contributed by atoms with van der Waals surface area (Å²) in [5.74, 6) is 0.290. The Morgan fingerprint density at radius 3 is 2.70 bits per heavy atom. The third-order valence-electron chi connectivity index (χ3n) is 3.86. The van der Waals surface area contributed by atoms with Crippen molar-refractivity contribution in [1.82, 2.24) is 4.98 Å². The summed E-state index contributed by atoms with van der Waals surface area (Å²) in [5.41, 5.74) is 2.42. The van der Waals surface area contributed by atoms with Crippen LogP contribution in [0.3, 0.4) is 0 Å². The lowest BCUT2D eigenvalue weighted by atomic mass is 10.2. The van der Waals surface area contributed by atoms with Crippen molar-refractivity contribution in [2.24, 2.45) is 4.99 Å². The zero-order valence-corrected chi connectivity index (χ0v) is 15.8. The van der Waals surface area contributed by atoms with Gasteiger partial charge >= 0.3 is 5.97 Å². The third-order valence-corrected chi connectivity index (χ3v) is 5.02. The molecule has 0 saturated heterocycles. The fraction of sp³-hybridized carbons (Fsp3) is 0.0500. The maximum atomic E-state index is 12.2. The Balaban J connectivity index is 1.63. The van der Waals surface area contributed by atoms with Crippen molar-refractivity contribution in [2.45, 2.75) is 0 Å². The van der Waals surface area contributed by atoms with E-state index in [2.05, 4.69) is 9.98 Å². The molecule has 1 aromatic heterocycles. The molecule has 27 heavy (non-hydrogen) atoms. The highest BCUT2D eigenvalue weighted by Gasteiger charge is 2.26. The Morgan fingerprint density at radius 2 is 1.93 bits per heavy atom. The molecule has 0 aliphatic carbocycles. The topological polar surface area (TPSA) is 60.8 Å². The third kappa shape index (κ3) is 3.63. The van der Waals surface area contributed by atoms with Gasteiger partial charge in [-0.2, -0.15) is 0 Å². The minimum absolute atomic E-state index is 0.198. The SMILES string of the molecule is COc1ccccc1C1=N/C(=C\c2csc(-c3ccc(Cl)cc3)n2)C(=O)O1. The van der Waals surface area contributed by atoms with E-state index in [4.69, 9.17) is 21.1 Å². The molecule has 2 aromatic carbocycles. The Labute approximate surface area is 164 Å². The highest BCUT2D eigenvalue weighted by molar-refractivity contribution is 7.13. The Hall–Kier alpha value is -2.96. The summed E-state index contributed by atoms with van der Waals surface area (Å²) in [6, 6.07) is 14.7. The van der Waals surface area contributed by atoms with Crippen molar-refractivity contribution in [3.8, 4) is 16.3 Å². The van der Waals surface area contributed by atoms with Crippen molar-refractivity contribution in [3.05, 3.63) is 75.9 Å². The maximum absolute atomic E-state index is 12.2. The minimum Gasteiger partial charge on any atom is -0.496 e. The van der Waals surface area contributed by atoms with Crippen LogP contribution in [0.5, 0.6) is 5.75 Å². The fourth-order valence-electron chi connectivity index (χ4n) is 2.56. The number of aromatic nitrogens is 1. The molecule has 4 rings (SSSR count). The second-order valence-electron chi connectivity index (χ2n) is 5.62. The van der Waals surface area contributed by atoms with Crippen LogP contribution in [0.4, 0.5) is 0 Å². The van der Waals surface area contributed by atoms with Gasteiger partial charge in [-0.05, 0) is 30.3 Å². The first-order valence-corrected chi connectivity index (χ1v) is 9.27. The number of methoxy groups -OCH3 is 1. The molecule has 0 spiro atoms. The first-order valence-electron chi connectivity index (χ1n) is 8.01. The lowest BCUT2D eigenvalue weighted by molar-refractivity contribution is -0.129. The summed E-state index contributed by atoms with van der Waals surface area (Å²) in [6.07, 6.45) is 1.61. The fourth-order valence-corrected chi connectivity index (χ4v) is 3.47. The van der Waals surface area contributed by atoms with Gasteiger partial charge in [0.1, 0.15) is 10.8 Å². The molecule has 7 heteroatoms. The number of aliphatic imine (C=N–C) groups is 1. The normalized spacial score (nSPS) is 15.0. The van der Waals surface area contributed by atoms with Gasteiger partial charge in [0, 0.05) is 16.0 Å².